The Balaban J connectivity index is 2.26. The minimum atomic E-state index is 0.114. The quantitative estimate of drug-likeness (QED) is 0.524. The van der Waals surface area contributed by atoms with Gasteiger partial charge < -0.3 is 10.2 Å². The van der Waals surface area contributed by atoms with E-state index < -0.39 is 0 Å². The van der Waals surface area contributed by atoms with Crippen LogP contribution in [0.5, 0.6) is 0 Å². The highest BCUT2D eigenvalue weighted by atomic mass is 16.2. The summed E-state index contributed by atoms with van der Waals surface area (Å²) in [5, 5.41) is 2.32. The number of hydrogen-bond acceptors (Lipinski definition) is 2. The Morgan fingerprint density at radius 3 is 3.00 bits per heavy atom. The van der Waals surface area contributed by atoms with Gasteiger partial charge in [0.15, 0.2) is 0 Å². The predicted octanol–water partition coefficient (Wildman–Crippen LogP) is -0.777. The molecule has 0 aromatic heterocycles. The third-order valence-electron chi connectivity index (χ3n) is 1.51. The molecule has 1 fully saturated rings. The van der Waals surface area contributed by atoms with E-state index in [9.17, 15) is 9.59 Å². The van der Waals surface area contributed by atoms with Crippen LogP contribution >= 0.6 is 0 Å². The Kier molecular flexibility index (Phi) is 2.25. The summed E-state index contributed by atoms with van der Waals surface area (Å²) in [5.41, 5.74) is 0. The van der Waals surface area contributed by atoms with E-state index in [2.05, 4.69) is 5.32 Å². The summed E-state index contributed by atoms with van der Waals surface area (Å²) in [5.74, 6) is 0.114. The van der Waals surface area contributed by atoms with Gasteiger partial charge in [0.1, 0.15) is 0 Å². The Labute approximate surface area is 59.2 Å². The molecule has 55 valence electrons. The lowest BCUT2D eigenvalue weighted by Gasteiger charge is -2.12. The highest BCUT2D eigenvalue weighted by Crippen LogP contribution is 2.06. The van der Waals surface area contributed by atoms with E-state index in [1.165, 1.54) is 6.41 Å². The molecule has 0 bridgehead atoms. The minimum absolute atomic E-state index is 0.114. The van der Waals surface area contributed by atoms with Crippen LogP contribution in [0.2, 0.25) is 0 Å². The molecule has 4 heteroatoms. The SMILES string of the molecule is O=[C]NCN1CCCC1=O. The van der Waals surface area contributed by atoms with Crippen molar-refractivity contribution in [1.29, 1.82) is 0 Å². The van der Waals surface area contributed by atoms with Gasteiger partial charge in [-0.2, -0.15) is 0 Å². The summed E-state index contributed by atoms with van der Waals surface area (Å²) >= 11 is 0. The zero-order chi connectivity index (χ0) is 7.40. The maximum atomic E-state index is 10.8. The van der Waals surface area contributed by atoms with Crippen LogP contribution in [0.15, 0.2) is 0 Å². The molecular formula is C6H9N2O2. The molecule has 2 amide bonds. The van der Waals surface area contributed by atoms with E-state index in [0.717, 1.165) is 13.0 Å². The third-order valence-corrected chi connectivity index (χ3v) is 1.51. The van der Waals surface area contributed by atoms with Crippen LogP contribution in [0.4, 0.5) is 0 Å². The van der Waals surface area contributed by atoms with Crippen molar-refractivity contribution in [3.63, 3.8) is 0 Å². The van der Waals surface area contributed by atoms with Crippen molar-refractivity contribution in [3.05, 3.63) is 0 Å². The maximum absolute atomic E-state index is 10.8. The molecule has 1 aliphatic heterocycles. The second-order valence-electron chi connectivity index (χ2n) is 2.20. The van der Waals surface area contributed by atoms with E-state index in [0.29, 0.717) is 13.1 Å². The van der Waals surface area contributed by atoms with Crippen LogP contribution in [-0.4, -0.2) is 30.4 Å². The molecule has 1 saturated heterocycles. The van der Waals surface area contributed by atoms with Crippen LogP contribution in [0.25, 0.3) is 0 Å². The molecule has 1 radical (unpaired) electrons. The van der Waals surface area contributed by atoms with Gasteiger partial charge in [-0.15, -0.1) is 0 Å². The van der Waals surface area contributed by atoms with E-state index in [1.54, 1.807) is 4.90 Å². The molecular weight excluding hydrogens is 132 g/mol. The molecule has 0 unspecified atom stereocenters. The Bertz CT molecular complexity index is 147. The first-order valence-corrected chi connectivity index (χ1v) is 3.22. The molecule has 0 aromatic rings. The molecule has 0 spiro atoms. The third kappa shape index (κ3) is 1.46. The van der Waals surface area contributed by atoms with Gasteiger partial charge in [0.25, 0.3) is 0 Å². The largest absolute Gasteiger partial charge is 0.330 e. The van der Waals surface area contributed by atoms with E-state index in [-0.39, 0.29) is 5.91 Å². The minimum Gasteiger partial charge on any atom is -0.330 e. The van der Waals surface area contributed by atoms with Crippen LogP contribution in [0, 0.1) is 0 Å². The number of amides is 2. The first kappa shape index (κ1) is 7.05. The zero-order valence-electron chi connectivity index (χ0n) is 5.59. The van der Waals surface area contributed by atoms with Crippen LogP contribution in [-0.2, 0) is 9.59 Å². The maximum Gasteiger partial charge on any atom is 0.310 e. The van der Waals surface area contributed by atoms with Crippen molar-refractivity contribution in [2.24, 2.45) is 0 Å². The van der Waals surface area contributed by atoms with Crippen LogP contribution < -0.4 is 5.32 Å². The highest BCUT2D eigenvalue weighted by Gasteiger charge is 2.18. The predicted molar refractivity (Wildman–Crippen MR) is 34.6 cm³/mol. The summed E-state index contributed by atoms with van der Waals surface area (Å²) in [4.78, 5) is 22.1. The first-order chi connectivity index (χ1) is 4.84. The number of nitrogens with zero attached hydrogens (tertiary/aromatic N) is 1. The summed E-state index contributed by atoms with van der Waals surface area (Å²) in [7, 11) is 0. The Morgan fingerprint density at radius 1 is 1.70 bits per heavy atom. The summed E-state index contributed by atoms with van der Waals surface area (Å²) in [6, 6.07) is 0. The van der Waals surface area contributed by atoms with Gasteiger partial charge >= 0.3 is 6.41 Å². The lowest BCUT2D eigenvalue weighted by molar-refractivity contribution is -0.127. The average Bonchev–Trinajstić information content (AvgIpc) is 2.31. The van der Waals surface area contributed by atoms with E-state index in [4.69, 9.17) is 0 Å². The monoisotopic (exact) mass is 141 g/mol. The van der Waals surface area contributed by atoms with Crippen LogP contribution in [0.1, 0.15) is 12.8 Å². The fraction of sp³-hybridized carbons (Fsp3) is 0.667. The van der Waals surface area contributed by atoms with E-state index >= 15 is 0 Å². The Morgan fingerprint density at radius 2 is 2.50 bits per heavy atom. The molecule has 0 aliphatic carbocycles. The molecule has 10 heavy (non-hydrogen) atoms. The Hall–Kier alpha value is -1.06. The zero-order valence-corrected chi connectivity index (χ0v) is 5.59. The van der Waals surface area contributed by atoms with Crippen molar-refractivity contribution in [2.45, 2.75) is 12.8 Å². The fourth-order valence-corrected chi connectivity index (χ4v) is 0.999. The van der Waals surface area contributed by atoms with Crippen molar-refractivity contribution >= 4 is 12.3 Å². The standard InChI is InChI=1S/C6H9N2O2/c9-5-7-4-8-3-1-2-6(8)10/h1-4H2,(H,7,9). The smallest absolute Gasteiger partial charge is 0.310 e. The lowest BCUT2D eigenvalue weighted by atomic mass is 10.4. The molecule has 0 saturated carbocycles. The van der Waals surface area contributed by atoms with Gasteiger partial charge in [-0.1, -0.05) is 0 Å². The first-order valence-electron chi connectivity index (χ1n) is 3.22. The highest BCUT2D eigenvalue weighted by molar-refractivity contribution is 5.78. The van der Waals surface area contributed by atoms with Crippen molar-refractivity contribution < 1.29 is 9.59 Å². The van der Waals surface area contributed by atoms with Crippen LogP contribution in [0.3, 0.4) is 0 Å². The lowest BCUT2D eigenvalue weighted by Crippen LogP contribution is -2.34. The van der Waals surface area contributed by atoms with Gasteiger partial charge in [-0.05, 0) is 6.42 Å². The van der Waals surface area contributed by atoms with Gasteiger partial charge in [0.2, 0.25) is 5.91 Å². The van der Waals surface area contributed by atoms with E-state index in [1.807, 2.05) is 0 Å². The number of rotatable bonds is 3. The fourth-order valence-electron chi connectivity index (χ4n) is 0.999. The second-order valence-corrected chi connectivity index (χ2v) is 2.20. The summed E-state index contributed by atoms with van der Waals surface area (Å²) in [6.45, 7) is 1.07. The number of carbonyl (C=O) groups excluding carboxylic acids is 2. The van der Waals surface area contributed by atoms with Gasteiger partial charge in [0.05, 0.1) is 6.67 Å². The number of carbonyl (C=O) groups is 1. The summed E-state index contributed by atoms with van der Waals surface area (Å²) in [6.07, 6.45) is 3.04. The average molecular weight is 141 g/mol. The molecule has 4 nitrogen and oxygen atoms in total. The summed E-state index contributed by atoms with van der Waals surface area (Å²) < 4.78 is 0. The molecule has 0 atom stereocenters. The number of hydrogen-bond donors (Lipinski definition) is 1. The van der Waals surface area contributed by atoms with Crippen molar-refractivity contribution in [2.75, 3.05) is 13.2 Å². The second kappa shape index (κ2) is 3.20. The molecule has 1 N–H and O–H groups in total. The van der Waals surface area contributed by atoms with Gasteiger partial charge in [-0.3, -0.25) is 9.59 Å². The van der Waals surface area contributed by atoms with Crippen molar-refractivity contribution in [3.8, 4) is 0 Å². The topological polar surface area (TPSA) is 49.4 Å². The molecule has 0 aromatic carbocycles. The molecule has 1 rings (SSSR count). The number of nitrogens with one attached hydrogen (secondary N) is 1. The number of likely N-dealkylation sites (tertiary alicyclic amines) is 1. The van der Waals surface area contributed by atoms with Gasteiger partial charge in [-0.25, -0.2) is 0 Å². The van der Waals surface area contributed by atoms with Crippen molar-refractivity contribution in [1.82, 2.24) is 10.2 Å². The molecule has 1 aliphatic rings. The molecule has 1 heterocycles. The van der Waals surface area contributed by atoms with Gasteiger partial charge in [0, 0.05) is 13.0 Å². The normalized spacial score (nSPS) is 17.6.